The minimum atomic E-state index is -2.37. The van der Waals surface area contributed by atoms with Gasteiger partial charge in [0.1, 0.15) is 12.1 Å². The number of rotatable bonds is 13. The zero-order valence-corrected chi connectivity index (χ0v) is 23.9. The Kier molecular flexibility index (Phi) is 12.6. The normalized spacial score (nSPS) is 29.9. The number of nitrogens with zero attached hydrogens (tertiary/aromatic N) is 1. The number of allylic oxidation sites excluding steroid dienone is 3. The molecule has 216 valence electrons. The summed E-state index contributed by atoms with van der Waals surface area (Å²) in [4.78, 5) is 40.3. The molecule has 38 heavy (non-hydrogen) atoms. The lowest BCUT2D eigenvalue weighted by Gasteiger charge is -2.47. The molecule has 0 spiro atoms. The van der Waals surface area contributed by atoms with Crippen LogP contribution in [0.5, 0.6) is 0 Å². The fourth-order valence-corrected chi connectivity index (χ4v) is 5.63. The Morgan fingerprint density at radius 3 is 2.53 bits per heavy atom. The number of aliphatic hydroxyl groups is 1. The van der Waals surface area contributed by atoms with Crippen molar-refractivity contribution in [3.63, 3.8) is 0 Å². The highest BCUT2D eigenvalue weighted by atomic mass is 16.7. The number of amides is 1. The molecule has 0 aromatic rings. The van der Waals surface area contributed by atoms with Crippen LogP contribution in [0.4, 0.5) is 0 Å². The van der Waals surface area contributed by atoms with E-state index in [2.05, 4.69) is 26.5 Å². The molecule has 2 heterocycles. The molecule has 7 atom stereocenters. The van der Waals surface area contributed by atoms with Crippen LogP contribution in [-0.4, -0.2) is 85.7 Å². The molecule has 2 saturated heterocycles. The monoisotopic (exact) mass is 537 g/mol. The standard InChI is InChI=1S/C29H47NO8/c1-8-9-10-13-19(2)16-20(3)17-23(35-5)25-24(36-6)18-21(4)29(34,38-25)26(31)27(32)30-15-12-11-14-22(30)28(33)37-7/h8,13,20-25,34H,1,9-12,14-18H2,2-7H3/b19-13+/t20-,21+,22-,23-,24-,25+,29+/m0/s1. The molecule has 9 heteroatoms. The van der Waals surface area contributed by atoms with Gasteiger partial charge in [-0.3, -0.25) is 9.59 Å². The number of carbonyl (C=O) groups excluding carboxylic acids is 3. The van der Waals surface area contributed by atoms with Crippen LogP contribution in [-0.2, 0) is 33.3 Å². The summed E-state index contributed by atoms with van der Waals surface area (Å²) in [6, 6.07) is -0.856. The van der Waals surface area contributed by atoms with Gasteiger partial charge in [0.2, 0.25) is 5.79 Å². The molecule has 2 aliphatic heterocycles. The number of likely N-dealkylation sites (tertiary alicyclic amines) is 1. The zero-order valence-electron chi connectivity index (χ0n) is 23.9. The van der Waals surface area contributed by atoms with Crippen molar-refractivity contribution in [1.82, 2.24) is 4.90 Å². The minimum Gasteiger partial charge on any atom is -0.467 e. The maximum absolute atomic E-state index is 13.5. The lowest BCUT2D eigenvalue weighted by Crippen LogP contribution is -2.64. The van der Waals surface area contributed by atoms with Gasteiger partial charge in [-0.2, -0.15) is 0 Å². The SMILES string of the molecule is C=CCC/C=C(\C)C[C@H](C)C[C@H](OC)[C@H]1O[C@@](O)(C(=O)C(=O)N2CCCC[C@H]2C(=O)OC)[C@H](C)C[C@@H]1OC. The van der Waals surface area contributed by atoms with E-state index in [-0.39, 0.29) is 12.5 Å². The van der Waals surface area contributed by atoms with Gasteiger partial charge in [0, 0.05) is 26.7 Å². The Bertz CT molecular complexity index is 858. The summed E-state index contributed by atoms with van der Waals surface area (Å²) >= 11 is 0. The average molecular weight is 538 g/mol. The summed E-state index contributed by atoms with van der Waals surface area (Å²) in [7, 11) is 4.38. The molecule has 0 radical (unpaired) electrons. The van der Waals surface area contributed by atoms with Gasteiger partial charge >= 0.3 is 5.97 Å². The second-order valence-corrected chi connectivity index (χ2v) is 10.8. The molecular formula is C29H47NO8. The van der Waals surface area contributed by atoms with E-state index in [1.807, 2.05) is 6.08 Å². The van der Waals surface area contributed by atoms with E-state index in [0.29, 0.717) is 25.7 Å². The predicted molar refractivity (Wildman–Crippen MR) is 143 cm³/mol. The lowest BCUT2D eigenvalue weighted by molar-refractivity contribution is -0.302. The van der Waals surface area contributed by atoms with Crippen molar-refractivity contribution in [1.29, 1.82) is 0 Å². The first-order chi connectivity index (χ1) is 18.0. The molecule has 2 fully saturated rings. The van der Waals surface area contributed by atoms with Gasteiger partial charge in [-0.05, 0) is 64.2 Å². The summed E-state index contributed by atoms with van der Waals surface area (Å²) in [5.74, 6) is -5.44. The van der Waals surface area contributed by atoms with Crippen molar-refractivity contribution in [2.75, 3.05) is 27.9 Å². The molecule has 0 unspecified atom stereocenters. The molecule has 9 nitrogen and oxygen atoms in total. The number of methoxy groups -OCH3 is 3. The van der Waals surface area contributed by atoms with Crippen LogP contribution in [0.15, 0.2) is 24.3 Å². The van der Waals surface area contributed by atoms with E-state index in [9.17, 15) is 19.5 Å². The fourth-order valence-electron chi connectivity index (χ4n) is 5.63. The maximum Gasteiger partial charge on any atom is 0.328 e. The number of carbonyl (C=O) groups is 3. The quantitative estimate of drug-likeness (QED) is 0.164. The number of hydrogen-bond donors (Lipinski definition) is 1. The van der Waals surface area contributed by atoms with Crippen molar-refractivity contribution in [3.8, 4) is 0 Å². The van der Waals surface area contributed by atoms with Crippen LogP contribution in [0.3, 0.4) is 0 Å². The number of esters is 1. The van der Waals surface area contributed by atoms with Crippen LogP contribution in [0.1, 0.15) is 72.1 Å². The Labute approximate surface area is 227 Å². The van der Waals surface area contributed by atoms with E-state index in [4.69, 9.17) is 18.9 Å². The molecule has 2 aliphatic rings. The smallest absolute Gasteiger partial charge is 0.328 e. The lowest BCUT2D eigenvalue weighted by atomic mass is 9.82. The molecule has 0 aromatic carbocycles. The first-order valence-electron chi connectivity index (χ1n) is 13.7. The number of Topliss-reactive ketones (excluding diaryl/α,β-unsaturated/α-hetero) is 1. The van der Waals surface area contributed by atoms with Gasteiger partial charge in [-0.25, -0.2) is 4.79 Å². The summed E-state index contributed by atoms with van der Waals surface area (Å²) in [5, 5.41) is 11.6. The van der Waals surface area contributed by atoms with Crippen molar-refractivity contribution < 1.29 is 38.4 Å². The summed E-state index contributed by atoms with van der Waals surface area (Å²) in [5.41, 5.74) is 1.27. The third-order valence-electron chi connectivity index (χ3n) is 7.83. The Morgan fingerprint density at radius 1 is 1.21 bits per heavy atom. The highest BCUT2D eigenvalue weighted by Gasteiger charge is 2.56. The molecule has 0 bridgehead atoms. The molecule has 0 saturated carbocycles. The second-order valence-electron chi connectivity index (χ2n) is 10.8. The van der Waals surface area contributed by atoms with Crippen molar-refractivity contribution in [2.45, 2.75) is 102 Å². The minimum absolute atomic E-state index is 0.233. The van der Waals surface area contributed by atoms with Gasteiger partial charge in [-0.1, -0.05) is 31.6 Å². The van der Waals surface area contributed by atoms with E-state index in [0.717, 1.165) is 25.7 Å². The average Bonchev–Trinajstić information content (AvgIpc) is 2.91. The van der Waals surface area contributed by atoms with Crippen LogP contribution < -0.4 is 0 Å². The number of piperidine rings is 1. The number of ketones is 1. The van der Waals surface area contributed by atoms with E-state index < -0.39 is 53.7 Å². The van der Waals surface area contributed by atoms with E-state index in [1.54, 1.807) is 21.1 Å². The van der Waals surface area contributed by atoms with Gasteiger partial charge in [0.15, 0.2) is 0 Å². The Morgan fingerprint density at radius 2 is 1.92 bits per heavy atom. The van der Waals surface area contributed by atoms with Crippen LogP contribution >= 0.6 is 0 Å². The van der Waals surface area contributed by atoms with Gasteiger partial charge in [-0.15, -0.1) is 6.58 Å². The molecule has 0 aromatic heterocycles. The summed E-state index contributed by atoms with van der Waals surface area (Å²) < 4.78 is 22.4. The maximum atomic E-state index is 13.5. The van der Waals surface area contributed by atoms with Crippen molar-refractivity contribution in [3.05, 3.63) is 24.3 Å². The third-order valence-corrected chi connectivity index (χ3v) is 7.83. The third kappa shape index (κ3) is 7.74. The fraction of sp³-hybridized carbons (Fsp3) is 0.759. The van der Waals surface area contributed by atoms with Gasteiger partial charge < -0.3 is 29.0 Å². The topological polar surface area (TPSA) is 112 Å². The highest BCUT2D eigenvalue weighted by Crippen LogP contribution is 2.38. The second kappa shape index (κ2) is 14.9. The Hall–Kier alpha value is -2.07. The van der Waals surface area contributed by atoms with Crippen molar-refractivity contribution in [2.24, 2.45) is 11.8 Å². The number of unbranched alkanes of at least 4 members (excludes halogenated alkanes) is 1. The molecule has 1 N–H and O–H groups in total. The predicted octanol–water partition coefficient (Wildman–Crippen LogP) is 3.58. The van der Waals surface area contributed by atoms with Gasteiger partial charge in [0.25, 0.3) is 11.7 Å². The van der Waals surface area contributed by atoms with E-state index >= 15 is 0 Å². The summed E-state index contributed by atoms with van der Waals surface area (Å²) in [6.07, 6.45) is 7.87. The van der Waals surface area contributed by atoms with Crippen LogP contribution in [0, 0.1) is 11.8 Å². The molecule has 0 aliphatic carbocycles. The van der Waals surface area contributed by atoms with Crippen LogP contribution in [0.25, 0.3) is 0 Å². The zero-order chi connectivity index (χ0) is 28.5. The molecule has 2 rings (SSSR count). The van der Waals surface area contributed by atoms with Gasteiger partial charge in [0.05, 0.1) is 19.3 Å². The number of ether oxygens (including phenoxy) is 4. The first-order valence-corrected chi connectivity index (χ1v) is 13.7. The first kappa shape index (κ1) is 32.1. The molecule has 1 amide bonds. The number of hydrogen-bond acceptors (Lipinski definition) is 8. The van der Waals surface area contributed by atoms with Crippen LogP contribution in [0.2, 0.25) is 0 Å². The Balaban J connectivity index is 2.22. The largest absolute Gasteiger partial charge is 0.467 e. The summed E-state index contributed by atoms with van der Waals surface area (Å²) in [6.45, 7) is 9.87. The molecular weight excluding hydrogens is 490 g/mol. The highest BCUT2D eigenvalue weighted by molar-refractivity contribution is 6.39. The van der Waals surface area contributed by atoms with E-state index in [1.165, 1.54) is 17.6 Å². The van der Waals surface area contributed by atoms with Crippen molar-refractivity contribution >= 4 is 17.7 Å².